The van der Waals surface area contributed by atoms with E-state index in [1.807, 2.05) is 13.0 Å². The van der Waals surface area contributed by atoms with E-state index < -0.39 is 0 Å². The average Bonchev–Trinajstić information content (AvgIpc) is 2.23. The highest BCUT2D eigenvalue weighted by atomic mass is 35.5. The molecule has 1 unspecified atom stereocenters. The van der Waals surface area contributed by atoms with Crippen LogP contribution in [0, 0.1) is 0 Å². The lowest BCUT2D eigenvalue weighted by Crippen LogP contribution is -2.24. The Hall–Kier alpha value is -0.280. The second-order valence-electron chi connectivity index (χ2n) is 3.43. The number of hydrogen-bond acceptors (Lipinski definition) is 2. The third-order valence-corrected chi connectivity index (χ3v) is 2.85. The van der Waals surface area contributed by atoms with Gasteiger partial charge in [0, 0.05) is 6.04 Å². The molecular weight excluding hydrogens is 233 g/mol. The Bertz CT molecular complexity index is 317. The molecule has 0 saturated carbocycles. The maximum Gasteiger partial charge on any atom is 0.0718 e. The lowest BCUT2D eigenvalue weighted by molar-refractivity contribution is 0.107. The summed E-state index contributed by atoms with van der Waals surface area (Å²) in [6.07, 6.45) is 0.918. The molecule has 0 fully saturated rings. The minimum absolute atomic E-state index is 0.104. The molecule has 0 saturated heterocycles. The van der Waals surface area contributed by atoms with E-state index in [4.69, 9.17) is 33.7 Å². The van der Waals surface area contributed by atoms with Crippen molar-refractivity contribution in [1.82, 2.24) is 0 Å². The third-order valence-electron chi connectivity index (χ3n) is 2.11. The Morgan fingerprint density at radius 2 is 2.07 bits per heavy atom. The quantitative estimate of drug-likeness (QED) is 0.868. The second-order valence-corrected chi connectivity index (χ2v) is 4.25. The van der Waals surface area contributed by atoms with Crippen molar-refractivity contribution in [2.75, 3.05) is 6.61 Å². The summed E-state index contributed by atoms with van der Waals surface area (Å²) in [4.78, 5) is 0. The molecule has 0 spiro atoms. The number of ether oxygens (including phenoxy) is 1. The standard InChI is InChI=1S/C11H15Cl2NO/c1-2-9(14)7-15-6-8-3-4-10(12)11(13)5-8/h3-5,9H,2,6-7,14H2,1H3. The van der Waals surface area contributed by atoms with Crippen LogP contribution in [0.4, 0.5) is 0 Å². The van der Waals surface area contributed by atoms with Gasteiger partial charge in [0.25, 0.3) is 0 Å². The van der Waals surface area contributed by atoms with Gasteiger partial charge in [-0.15, -0.1) is 0 Å². The average molecular weight is 248 g/mol. The minimum atomic E-state index is 0.104. The molecule has 1 rings (SSSR count). The smallest absolute Gasteiger partial charge is 0.0718 e. The van der Waals surface area contributed by atoms with Crippen molar-refractivity contribution in [3.63, 3.8) is 0 Å². The van der Waals surface area contributed by atoms with Gasteiger partial charge in [0.1, 0.15) is 0 Å². The van der Waals surface area contributed by atoms with Crippen LogP contribution in [0.15, 0.2) is 18.2 Å². The number of rotatable bonds is 5. The van der Waals surface area contributed by atoms with Gasteiger partial charge in [-0.05, 0) is 24.1 Å². The topological polar surface area (TPSA) is 35.2 Å². The maximum absolute atomic E-state index is 5.87. The Morgan fingerprint density at radius 3 is 2.67 bits per heavy atom. The molecule has 1 aromatic rings. The van der Waals surface area contributed by atoms with Crippen LogP contribution in [-0.4, -0.2) is 12.6 Å². The van der Waals surface area contributed by atoms with Gasteiger partial charge in [-0.25, -0.2) is 0 Å². The summed E-state index contributed by atoms with van der Waals surface area (Å²) in [5.41, 5.74) is 6.73. The van der Waals surface area contributed by atoms with Crippen molar-refractivity contribution in [3.8, 4) is 0 Å². The summed E-state index contributed by atoms with van der Waals surface area (Å²) in [7, 11) is 0. The molecule has 2 nitrogen and oxygen atoms in total. The molecule has 0 aliphatic heterocycles. The largest absolute Gasteiger partial charge is 0.375 e. The van der Waals surface area contributed by atoms with Gasteiger partial charge in [0.15, 0.2) is 0 Å². The highest BCUT2D eigenvalue weighted by Crippen LogP contribution is 2.22. The first-order chi connectivity index (χ1) is 7.13. The molecule has 84 valence electrons. The first kappa shape index (κ1) is 12.8. The van der Waals surface area contributed by atoms with Gasteiger partial charge in [-0.2, -0.15) is 0 Å². The summed E-state index contributed by atoms with van der Waals surface area (Å²) in [5.74, 6) is 0. The number of halogens is 2. The molecule has 15 heavy (non-hydrogen) atoms. The van der Waals surface area contributed by atoms with E-state index in [0.29, 0.717) is 23.3 Å². The van der Waals surface area contributed by atoms with E-state index in [2.05, 4.69) is 0 Å². The summed E-state index contributed by atoms with van der Waals surface area (Å²) in [6.45, 7) is 3.12. The van der Waals surface area contributed by atoms with Crippen LogP contribution in [0.2, 0.25) is 10.0 Å². The Balaban J connectivity index is 2.41. The van der Waals surface area contributed by atoms with E-state index in [-0.39, 0.29) is 6.04 Å². The second kappa shape index (κ2) is 6.33. The molecule has 0 aromatic heterocycles. The third kappa shape index (κ3) is 4.39. The molecule has 0 bridgehead atoms. The van der Waals surface area contributed by atoms with Crippen LogP contribution >= 0.6 is 23.2 Å². The van der Waals surface area contributed by atoms with Crippen LogP contribution < -0.4 is 5.73 Å². The Labute approximate surface area is 100 Å². The maximum atomic E-state index is 5.87. The van der Waals surface area contributed by atoms with Crippen molar-refractivity contribution >= 4 is 23.2 Å². The monoisotopic (exact) mass is 247 g/mol. The SMILES string of the molecule is CCC(N)COCc1ccc(Cl)c(Cl)c1. The Morgan fingerprint density at radius 1 is 1.33 bits per heavy atom. The van der Waals surface area contributed by atoms with Crippen LogP contribution in [0.5, 0.6) is 0 Å². The molecule has 1 atom stereocenters. The van der Waals surface area contributed by atoms with Crippen molar-refractivity contribution in [2.45, 2.75) is 26.0 Å². The molecule has 2 N–H and O–H groups in total. The van der Waals surface area contributed by atoms with E-state index in [0.717, 1.165) is 12.0 Å². The first-order valence-corrected chi connectivity index (χ1v) is 5.66. The van der Waals surface area contributed by atoms with Crippen LogP contribution in [0.3, 0.4) is 0 Å². The zero-order valence-corrected chi connectivity index (χ0v) is 10.2. The fourth-order valence-corrected chi connectivity index (χ4v) is 1.40. The molecule has 1 aromatic carbocycles. The van der Waals surface area contributed by atoms with E-state index in [1.165, 1.54) is 0 Å². The lowest BCUT2D eigenvalue weighted by Gasteiger charge is -2.09. The van der Waals surface area contributed by atoms with E-state index >= 15 is 0 Å². The number of hydrogen-bond donors (Lipinski definition) is 1. The molecule has 0 heterocycles. The fourth-order valence-electron chi connectivity index (χ4n) is 1.08. The summed E-state index contributed by atoms with van der Waals surface area (Å²) >= 11 is 11.7. The van der Waals surface area contributed by atoms with Crippen LogP contribution in [0.1, 0.15) is 18.9 Å². The zero-order chi connectivity index (χ0) is 11.3. The number of benzene rings is 1. The van der Waals surface area contributed by atoms with Crippen LogP contribution in [0.25, 0.3) is 0 Å². The van der Waals surface area contributed by atoms with Crippen LogP contribution in [-0.2, 0) is 11.3 Å². The molecule has 0 amide bonds. The van der Waals surface area contributed by atoms with Gasteiger partial charge < -0.3 is 10.5 Å². The molecular formula is C11H15Cl2NO. The number of nitrogens with two attached hydrogens (primary N) is 1. The van der Waals surface area contributed by atoms with E-state index in [9.17, 15) is 0 Å². The normalized spacial score (nSPS) is 12.8. The van der Waals surface area contributed by atoms with Gasteiger partial charge in [0.05, 0.1) is 23.3 Å². The summed E-state index contributed by atoms with van der Waals surface area (Å²) in [6, 6.07) is 5.57. The molecule has 0 aliphatic carbocycles. The van der Waals surface area contributed by atoms with Crippen molar-refractivity contribution < 1.29 is 4.74 Å². The molecule has 0 radical (unpaired) electrons. The summed E-state index contributed by atoms with van der Waals surface area (Å²) in [5, 5.41) is 1.11. The lowest BCUT2D eigenvalue weighted by atomic mass is 10.2. The first-order valence-electron chi connectivity index (χ1n) is 4.90. The molecule has 0 aliphatic rings. The van der Waals surface area contributed by atoms with E-state index in [1.54, 1.807) is 12.1 Å². The minimum Gasteiger partial charge on any atom is -0.375 e. The highest BCUT2D eigenvalue weighted by Gasteiger charge is 2.01. The van der Waals surface area contributed by atoms with Gasteiger partial charge in [-0.1, -0.05) is 36.2 Å². The van der Waals surface area contributed by atoms with Gasteiger partial charge >= 0.3 is 0 Å². The van der Waals surface area contributed by atoms with Crippen molar-refractivity contribution in [3.05, 3.63) is 33.8 Å². The Kier molecular flexibility index (Phi) is 5.40. The predicted octanol–water partition coefficient (Wildman–Crippen LogP) is 3.25. The summed E-state index contributed by atoms with van der Waals surface area (Å²) < 4.78 is 5.44. The van der Waals surface area contributed by atoms with Gasteiger partial charge in [-0.3, -0.25) is 0 Å². The van der Waals surface area contributed by atoms with Crippen molar-refractivity contribution in [2.24, 2.45) is 5.73 Å². The van der Waals surface area contributed by atoms with Crippen molar-refractivity contribution in [1.29, 1.82) is 0 Å². The van der Waals surface area contributed by atoms with Gasteiger partial charge in [0.2, 0.25) is 0 Å². The predicted molar refractivity (Wildman–Crippen MR) is 64.4 cm³/mol. The highest BCUT2D eigenvalue weighted by molar-refractivity contribution is 6.41. The zero-order valence-electron chi connectivity index (χ0n) is 8.67. The molecule has 4 heteroatoms. The fraction of sp³-hybridized carbons (Fsp3) is 0.455.